The number of nitrogens with one attached hydrogen (secondary N) is 1. The number of hydrogen-bond donors (Lipinski definition) is 1. The summed E-state index contributed by atoms with van der Waals surface area (Å²) in [5.74, 6) is 0.546. The van der Waals surface area contributed by atoms with Gasteiger partial charge in [0.05, 0.1) is 57.2 Å². The molecule has 0 radical (unpaired) electrons. The molecule has 1 aromatic carbocycles. The van der Waals surface area contributed by atoms with Crippen molar-refractivity contribution in [2.75, 3.05) is 29.4 Å². The highest BCUT2D eigenvalue weighted by molar-refractivity contribution is 7.92. The van der Waals surface area contributed by atoms with Gasteiger partial charge in [-0.1, -0.05) is 6.07 Å². The Balaban J connectivity index is 1.09. The number of hydrogen-bond acceptors (Lipinski definition) is 9. The van der Waals surface area contributed by atoms with Crippen LogP contribution in [-0.2, 0) is 21.1 Å². The summed E-state index contributed by atoms with van der Waals surface area (Å²) in [5, 5.41) is 3.27. The molecule has 2 aliphatic heterocycles. The molecule has 3 atom stereocenters. The SMILES string of the molecule is C[C@@H]1CN(c2cccc(-c3ccc4cnc(CNC(=O)c5ccc6c(c5)S(=O)(=O)[C@@H](C)CN6C5CC5)cc4n3)n2)C[C@H](C)O1. The topological polar surface area (TPSA) is 118 Å². The van der Waals surface area contributed by atoms with E-state index in [0.29, 0.717) is 29.5 Å². The van der Waals surface area contributed by atoms with E-state index in [1.54, 1.807) is 25.3 Å². The third kappa shape index (κ3) is 5.50. The van der Waals surface area contributed by atoms with E-state index in [-0.39, 0.29) is 29.6 Å². The number of sulfone groups is 1. The minimum Gasteiger partial charge on any atom is -0.372 e. The fourth-order valence-electron chi connectivity index (χ4n) is 6.22. The number of anilines is 2. The molecule has 228 valence electrons. The highest BCUT2D eigenvalue weighted by Gasteiger charge is 2.41. The smallest absolute Gasteiger partial charge is 0.251 e. The lowest BCUT2D eigenvalue weighted by Crippen LogP contribution is -2.45. The van der Waals surface area contributed by atoms with E-state index in [0.717, 1.165) is 54.0 Å². The maximum Gasteiger partial charge on any atom is 0.251 e. The van der Waals surface area contributed by atoms with Crippen molar-refractivity contribution in [3.05, 3.63) is 72.1 Å². The Morgan fingerprint density at radius 3 is 2.50 bits per heavy atom. The number of aromatic nitrogens is 3. The van der Waals surface area contributed by atoms with Crippen molar-refractivity contribution in [2.24, 2.45) is 0 Å². The van der Waals surface area contributed by atoms with E-state index in [9.17, 15) is 13.2 Å². The van der Waals surface area contributed by atoms with Gasteiger partial charge in [0.2, 0.25) is 0 Å². The molecule has 3 aliphatic rings. The fourth-order valence-corrected chi connectivity index (χ4v) is 7.78. The van der Waals surface area contributed by atoms with Gasteiger partial charge >= 0.3 is 0 Å². The molecule has 1 saturated heterocycles. The molecule has 3 aromatic heterocycles. The summed E-state index contributed by atoms with van der Waals surface area (Å²) in [7, 11) is -3.50. The minimum atomic E-state index is -3.50. The quantitative estimate of drug-likeness (QED) is 0.339. The summed E-state index contributed by atoms with van der Waals surface area (Å²) < 4.78 is 32.2. The molecule has 1 aliphatic carbocycles. The Morgan fingerprint density at radius 1 is 0.955 bits per heavy atom. The number of rotatable bonds is 6. The molecule has 0 bridgehead atoms. The molecule has 11 heteroatoms. The van der Waals surface area contributed by atoms with Gasteiger partial charge in [-0.15, -0.1) is 0 Å². The van der Waals surface area contributed by atoms with Crippen LogP contribution in [0.2, 0.25) is 0 Å². The number of carbonyl (C=O) groups is 1. The van der Waals surface area contributed by atoms with Gasteiger partial charge in [-0.3, -0.25) is 9.78 Å². The van der Waals surface area contributed by atoms with Crippen LogP contribution in [0.5, 0.6) is 0 Å². The molecule has 4 aromatic rings. The molecule has 7 rings (SSSR count). The molecule has 0 spiro atoms. The van der Waals surface area contributed by atoms with Gasteiger partial charge in [-0.2, -0.15) is 0 Å². The van der Waals surface area contributed by atoms with Crippen molar-refractivity contribution < 1.29 is 17.9 Å². The molecular weight excluding hydrogens is 576 g/mol. The van der Waals surface area contributed by atoms with Crippen LogP contribution in [0.1, 0.15) is 49.7 Å². The van der Waals surface area contributed by atoms with Crippen molar-refractivity contribution in [3.8, 4) is 11.4 Å². The zero-order chi connectivity index (χ0) is 30.6. The summed E-state index contributed by atoms with van der Waals surface area (Å²) in [6.45, 7) is 8.12. The second-order valence-corrected chi connectivity index (χ2v) is 14.5. The van der Waals surface area contributed by atoms with E-state index < -0.39 is 15.1 Å². The van der Waals surface area contributed by atoms with E-state index in [1.807, 2.05) is 36.4 Å². The molecule has 44 heavy (non-hydrogen) atoms. The summed E-state index contributed by atoms with van der Waals surface area (Å²) in [4.78, 5) is 32.1. The van der Waals surface area contributed by atoms with Crippen molar-refractivity contribution in [1.29, 1.82) is 0 Å². The third-order valence-electron chi connectivity index (χ3n) is 8.61. The predicted octanol–water partition coefficient (Wildman–Crippen LogP) is 4.38. The summed E-state index contributed by atoms with van der Waals surface area (Å²) in [5.41, 5.74) is 3.94. The Kier molecular flexibility index (Phi) is 7.25. The predicted molar refractivity (Wildman–Crippen MR) is 170 cm³/mol. The highest BCUT2D eigenvalue weighted by Crippen LogP contribution is 2.41. The van der Waals surface area contributed by atoms with E-state index in [1.165, 1.54) is 6.07 Å². The molecule has 5 heterocycles. The number of nitrogens with zero attached hydrogens (tertiary/aromatic N) is 5. The van der Waals surface area contributed by atoms with E-state index in [2.05, 4.69) is 33.9 Å². The van der Waals surface area contributed by atoms with Crippen LogP contribution in [-0.4, -0.2) is 72.4 Å². The van der Waals surface area contributed by atoms with Crippen molar-refractivity contribution in [1.82, 2.24) is 20.3 Å². The Morgan fingerprint density at radius 2 is 1.73 bits per heavy atom. The zero-order valence-corrected chi connectivity index (χ0v) is 25.9. The standard InChI is InChI=1S/C33H36N6O4S/c1-20-17-38(18-21(2)43-20)32-6-4-5-27(37-32)28-11-7-24-15-34-25(14-29(24)36-28)16-35-33(40)23-8-12-30-31(13-23)44(41,42)22(3)19-39(30)26-9-10-26/h4-8,11-15,20-22,26H,9-10,16-19H2,1-3H3,(H,35,40)/t20-,21+,22-/m0/s1. The monoisotopic (exact) mass is 612 g/mol. The minimum absolute atomic E-state index is 0.135. The van der Waals surface area contributed by atoms with Gasteiger partial charge in [0.1, 0.15) is 5.82 Å². The lowest BCUT2D eigenvalue weighted by Gasteiger charge is -2.36. The summed E-state index contributed by atoms with van der Waals surface area (Å²) in [6.07, 6.45) is 4.15. The molecule has 2 fully saturated rings. The van der Waals surface area contributed by atoms with Gasteiger partial charge in [0.25, 0.3) is 5.91 Å². The van der Waals surface area contributed by atoms with Crippen molar-refractivity contribution >= 4 is 38.2 Å². The van der Waals surface area contributed by atoms with Gasteiger partial charge in [-0.05, 0) is 82.1 Å². The van der Waals surface area contributed by atoms with Crippen molar-refractivity contribution in [3.63, 3.8) is 0 Å². The Bertz CT molecular complexity index is 1850. The lowest BCUT2D eigenvalue weighted by molar-refractivity contribution is -0.00545. The van der Waals surface area contributed by atoms with Crippen LogP contribution >= 0.6 is 0 Å². The maximum atomic E-state index is 13.1. The fraction of sp³-hybridized carbons (Fsp3) is 0.394. The first kappa shape index (κ1) is 28.7. The molecule has 10 nitrogen and oxygen atoms in total. The number of morpholine rings is 1. The van der Waals surface area contributed by atoms with Crippen LogP contribution in [0.15, 0.2) is 65.7 Å². The normalized spacial score (nSPS) is 22.9. The Labute approximate surface area is 257 Å². The molecule has 1 saturated carbocycles. The number of benzene rings is 1. The third-order valence-corrected chi connectivity index (χ3v) is 10.8. The number of pyridine rings is 3. The van der Waals surface area contributed by atoms with Crippen LogP contribution in [0.3, 0.4) is 0 Å². The second-order valence-electron chi connectivity index (χ2n) is 12.2. The second kappa shape index (κ2) is 11.1. The lowest BCUT2D eigenvalue weighted by atomic mass is 10.1. The average molecular weight is 613 g/mol. The first-order chi connectivity index (χ1) is 21.2. The molecular formula is C33H36N6O4S. The van der Waals surface area contributed by atoms with E-state index >= 15 is 0 Å². The van der Waals surface area contributed by atoms with Gasteiger partial charge in [0, 0.05) is 42.8 Å². The molecule has 0 unspecified atom stereocenters. The van der Waals surface area contributed by atoms with Crippen LogP contribution < -0.4 is 15.1 Å². The summed E-state index contributed by atoms with van der Waals surface area (Å²) >= 11 is 0. The number of amides is 1. The Hall–Kier alpha value is -4.09. The van der Waals surface area contributed by atoms with Crippen LogP contribution in [0.4, 0.5) is 11.5 Å². The van der Waals surface area contributed by atoms with Gasteiger partial charge in [-0.25, -0.2) is 18.4 Å². The zero-order valence-electron chi connectivity index (χ0n) is 25.1. The summed E-state index contributed by atoms with van der Waals surface area (Å²) in [6, 6.07) is 17.1. The number of fused-ring (bicyclic) bond motifs is 2. The first-order valence-corrected chi connectivity index (χ1v) is 16.8. The molecule has 1 amide bonds. The molecule has 1 N–H and O–H groups in total. The average Bonchev–Trinajstić information content (AvgIpc) is 3.86. The maximum absolute atomic E-state index is 13.1. The van der Waals surface area contributed by atoms with E-state index in [4.69, 9.17) is 14.7 Å². The van der Waals surface area contributed by atoms with Crippen LogP contribution in [0.25, 0.3) is 22.3 Å². The number of ether oxygens (including phenoxy) is 1. The van der Waals surface area contributed by atoms with Gasteiger partial charge < -0.3 is 19.9 Å². The largest absolute Gasteiger partial charge is 0.372 e. The first-order valence-electron chi connectivity index (χ1n) is 15.2. The number of carbonyl (C=O) groups excluding carboxylic acids is 1. The van der Waals surface area contributed by atoms with Crippen molar-refractivity contribution in [2.45, 2.75) is 68.6 Å². The highest BCUT2D eigenvalue weighted by atomic mass is 32.2. The van der Waals surface area contributed by atoms with Gasteiger partial charge in [0.15, 0.2) is 9.84 Å². The van der Waals surface area contributed by atoms with Crippen LogP contribution in [0, 0.1) is 0 Å².